The van der Waals surface area contributed by atoms with E-state index in [4.69, 9.17) is 10.5 Å². The molecule has 1 aromatic rings. The minimum atomic E-state index is 0.499. The van der Waals surface area contributed by atoms with E-state index in [0.717, 1.165) is 38.3 Å². The number of aryl methyl sites for hydroxylation is 1. The fraction of sp³-hybridized carbons (Fsp3) is 0.538. The molecule has 0 amide bonds. The van der Waals surface area contributed by atoms with Gasteiger partial charge in [0.15, 0.2) is 0 Å². The summed E-state index contributed by atoms with van der Waals surface area (Å²) in [5.74, 6) is 0. The van der Waals surface area contributed by atoms with Crippen LogP contribution in [0.4, 0.5) is 5.69 Å². The highest BCUT2D eigenvalue weighted by atomic mass is 32.2. The third-order valence-corrected chi connectivity index (χ3v) is 3.87. The van der Waals surface area contributed by atoms with Gasteiger partial charge in [0, 0.05) is 23.2 Å². The van der Waals surface area contributed by atoms with Gasteiger partial charge in [0.1, 0.15) is 0 Å². The van der Waals surface area contributed by atoms with E-state index in [2.05, 4.69) is 23.7 Å². The van der Waals surface area contributed by atoms with Gasteiger partial charge in [-0.05, 0) is 36.8 Å². The summed E-state index contributed by atoms with van der Waals surface area (Å²) in [7, 11) is 0. The summed E-state index contributed by atoms with van der Waals surface area (Å²) in [4.78, 5) is 1.18. The van der Waals surface area contributed by atoms with Crippen LogP contribution in [0.3, 0.4) is 0 Å². The van der Waals surface area contributed by atoms with E-state index in [1.54, 1.807) is 11.8 Å². The topological polar surface area (TPSA) is 47.3 Å². The molecule has 1 heterocycles. The van der Waals surface area contributed by atoms with E-state index in [1.165, 1.54) is 10.5 Å². The largest absolute Gasteiger partial charge is 0.398 e. The summed E-state index contributed by atoms with van der Waals surface area (Å²) in [5.41, 5.74) is 8.12. The van der Waals surface area contributed by atoms with Crippen molar-refractivity contribution in [2.45, 2.75) is 23.8 Å². The van der Waals surface area contributed by atoms with E-state index in [0.29, 0.717) is 6.04 Å². The average Bonchev–Trinajstić information content (AvgIpc) is 2.39. The molecule has 0 aromatic heterocycles. The number of nitrogens with two attached hydrogens (primary N) is 1. The number of morpholine rings is 1. The molecule has 1 aromatic carbocycles. The van der Waals surface area contributed by atoms with Gasteiger partial charge in [-0.2, -0.15) is 0 Å². The second kappa shape index (κ2) is 6.28. The highest BCUT2D eigenvalue weighted by Crippen LogP contribution is 2.24. The van der Waals surface area contributed by atoms with Gasteiger partial charge >= 0.3 is 0 Å². The Hall–Kier alpha value is -0.710. The highest BCUT2D eigenvalue weighted by Gasteiger charge is 2.12. The van der Waals surface area contributed by atoms with Crippen molar-refractivity contribution in [3.05, 3.63) is 23.8 Å². The Balaban J connectivity index is 1.89. The van der Waals surface area contributed by atoms with Crippen LogP contribution < -0.4 is 11.1 Å². The Morgan fingerprint density at radius 2 is 2.41 bits per heavy atom. The number of thioether (sulfide) groups is 1. The first-order valence-electron chi connectivity index (χ1n) is 6.03. The minimum absolute atomic E-state index is 0.499. The molecule has 1 aliphatic heterocycles. The van der Waals surface area contributed by atoms with Gasteiger partial charge in [-0.25, -0.2) is 0 Å². The molecule has 4 heteroatoms. The Morgan fingerprint density at radius 3 is 3.12 bits per heavy atom. The van der Waals surface area contributed by atoms with E-state index < -0.39 is 0 Å². The molecule has 1 saturated heterocycles. The summed E-state index contributed by atoms with van der Waals surface area (Å²) in [6.45, 7) is 2.65. The highest BCUT2D eigenvalue weighted by molar-refractivity contribution is 7.98. The first-order chi connectivity index (χ1) is 8.29. The minimum Gasteiger partial charge on any atom is -0.398 e. The molecule has 0 saturated carbocycles. The van der Waals surface area contributed by atoms with Gasteiger partial charge in [0.25, 0.3) is 0 Å². The summed E-state index contributed by atoms with van der Waals surface area (Å²) in [6.07, 6.45) is 4.26. The average molecular weight is 252 g/mol. The molecule has 17 heavy (non-hydrogen) atoms. The van der Waals surface area contributed by atoms with Crippen LogP contribution in [0.2, 0.25) is 0 Å². The number of rotatable bonds is 4. The summed E-state index contributed by atoms with van der Waals surface area (Å²) in [5, 5.41) is 3.47. The SMILES string of the molecule is CSc1cc(CCC2COCCN2)ccc1N. The van der Waals surface area contributed by atoms with E-state index in [9.17, 15) is 0 Å². The summed E-state index contributed by atoms with van der Waals surface area (Å²) in [6, 6.07) is 6.83. The number of ether oxygens (including phenoxy) is 1. The Kier molecular flexibility index (Phi) is 4.71. The lowest BCUT2D eigenvalue weighted by molar-refractivity contribution is 0.0743. The van der Waals surface area contributed by atoms with Crippen LogP contribution in [0.15, 0.2) is 23.1 Å². The zero-order valence-electron chi connectivity index (χ0n) is 10.2. The van der Waals surface area contributed by atoms with Gasteiger partial charge in [0.05, 0.1) is 13.2 Å². The predicted molar refractivity (Wildman–Crippen MR) is 73.6 cm³/mol. The maximum absolute atomic E-state index is 5.89. The first-order valence-corrected chi connectivity index (χ1v) is 7.25. The van der Waals surface area contributed by atoms with Gasteiger partial charge in [-0.15, -0.1) is 11.8 Å². The molecule has 3 N–H and O–H groups in total. The third-order valence-electron chi connectivity index (χ3n) is 3.08. The molecule has 3 nitrogen and oxygen atoms in total. The number of nitrogens with one attached hydrogen (secondary N) is 1. The smallest absolute Gasteiger partial charge is 0.0620 e. The molecular formula is C13H20N2OS. The zero-order chi connectivity index (χ0) is 12.1. The maximum Gasteiger partial charge on any atom is 0.0620 e. The Labute approximate surface area is 107 Å². The van der Waals surface area contributed by atoms with Crippen LogP contribution in [0, 0.1) is 0 Å². The van der Waals surface area contributed by atoms with Crippen LogP contribution in [-0.2, 0) is 11.2 Å². The Bertz CT molecular complexity index is 364. The third kappa shape index (κ3) is 3.63. The molecular weight excluding hydrogens is 232 g/mol. The van der Waals surface area contributed by atoms with Gasteiger partial charge in [-0.1, -0.05) is 6.07 Å². The zero-order valence-corrected chi connectivity index (χ0v) is 11.1. The van der Waals surface area contributed by atoms with Gasteiger partial charge < -0.3 is 15.8 Å². The number of hydrogen-bond acceptors (Lipinski definition) is 4. The lowest BCUT2D eigenvalue weighted by Crippen LogP contribution is -2.41. The van der Waals surface area contributed by atoms with Crippen molar-refractivity contribution >= 4 is 17.4 Å². The van der Waals surface area contributed by atoms with Crippen LogP contribution in [-0.4, -0.2) is 32.1 Å². The molecule has 1 fully saturated rings. The van der Waals surface area contributed by atoms with Gasteiger partial charge in [-0.3, -0.25) is 0 Å². The fourth-order valence-electron chi connectivity index (χ4n) is 2.06. The first kappa shape index (κ1) is 12.7. The predicted octanol–water partition coefficient (Wildman–Crippen LogP) is 1.91. The summed E-state index contributed by atoms with van der Waals surface area (Å²) < 4.78 is 5.45. The molecule has 0 bridgehead atoms. The van der Waals surface area contributed by atoms with Crippen LogP contribution in [0.25, 0.3) is 0 Å². The van der Waals surface area contributed by atoms with E-state index in [-0.39, 0.29) is 0 Å². The number of hydrogen-bond donors (Lipinski definition) is 2. The van der Waals surface area contributed by atoms with Crippen molar-refractivity contribution in [2.75, 3.05) is 31.7 Å². The fourth-order valence-corrected chi connectivity index (χ4v) is 2.63. The number of nitrogen functional groups attached to an aromatic ring is 1. The van der Waals surface area contributed by atoms with Crippen molar-refractivity contribution < 1.29 is 4.74 Å². The molecule has 1 atom stereocenters. The second-order valence-corrected chi connectivity index (χ2v) is 5.19. The van der Waals surface area contributed by atoms with Crippen molar-refractivity contribution in [3.8, 4) is 0 Å². The van der Waals surface area contributed by atoms with Gasteiger partial charge in [0.2, 0.25) is 0 Å². The van der Waals surface area contributed by atoms with Crippen molar-refractivity contribution in [1.82, 2.24) is 5.32 Å². The van der Waals surface area contributed by atoms with Crippen LogP contribution in [0.1, 0.15) is 12.0 Å². The number of anilines is 1. The Morgan fingerprint density at radius 1 is 1.53 bits per heavy atom. The standard InChI is InChI=1S/C13H20N2OS/c1-17-13-8-10(3-5-12(13)14)2-4-11-9-16-7-6-15-11/h3,5,8,11,15H,2,4,6-7,9,14H2,1H3. The molecule has 0 spiro atoms. The molecule has 1 aliphatic rings. The number of benzene rings is 1. The van der Waals surface area contributed by atoms with E-state index in [1.807, 2.05) is 6.07 Å². The van der Waals surface area contributed by atoms with Crippen molar-refractivity contribution in [2.24, 2.45) is 0 Å². The van der Waals surface area contributed by atoms with Crippen LogP contribution in [0.5, 0.6) is 0 Å². The normalized spacial score (nSPS) is 20.4. The van der Waals surface area contributed by atoms with E-state index >= 15 is 0 Å². The van der Waals surface area contributed by atoms with Crippen molar-refractivity contribution in [3.63, 3.8) is 0 Å². The quantitative estimate of drug-likeness (QED) is 0.635. The molecule has 2 rings (SSSR count). The monoisotopic (exact) mass is 252 g/mol. The lowest BCUT2D eigenvalue weighted by atomic mass is 10.0. The molecule has 0 radical (unpaired) electrons. The van der Waals surface area contributed by atoms with Crippen molar-refractivity contribution in [1.29, 1.82) is 0 Å². The molecule has 0 aliphatic carbocycles. The maximum atomic E-state index is 5.89. The summed E-state index contributed by atoms with van der Waals surface area (Å²) >= 11 is 1.71. The second-order valence-electron chi connectivity index (χ2n) is 4.34. The van der Waals surface area contributed by atoms with Crippen LogP contribution >= 0.6 is 11.8 Å². The molecule has 1 unspecified atom stereocenters. The molecule has 94 valence electrons. The lowest BCUT2D eigenvalue weighted by Gasteiger charge is -2.23.